The first-order valence-corrected chi connectivity index (χ1v) is 21.1. The lowest BCUT2D eigenvalue weighted by Gasteiger charge is -2.48. The van der Waals surface area contributed by atoms with E-state index in [1.807, 2.05) is 25.1 Å². The molecule has 1 saturated carbocycles. The molecule has 5 aliphatic rings. The van der Waals surface area contributed by atoms with Crippen molar-refractivity contribution < 1.29 is 27.5 Å². The SMILES string of the molecule is CO[C@]1(C=O)/C=C/C[C@H](C)[C@@H](C)S(=O)(=O)NC(=O)c2ccc3c(c2)N(C[C@@H]2CC[C@H]21)C[C@@]1(CCCc2cc(Cl)ccc21)CO3.C[C@@H]1CNC[C@H](C)N1C. The van der Waals surface area contributed by atoms with Gasteiger partial charge in [0, 0.05) is 67.3 Å². The second-order valence-corrected chi connectivity index (χ2v) is 18.7. The second kappa shape index (κ2) is 16.0. The molecule has 0 unspecified atom stereocenters. The van der Waals surface area contributed by atoms with E-state index in [2.05, 4.69) is 52.9 Å². The Morgan fingerprint density at radius 3 is 2.47 bits per heavy atom. The van der Waals surface area contributed by atoms with E-state index in [0.717, 1.165) is 57.2 Å². The number of carbonyl (C=O) groups excluding carboxylic acids is 2. The summed E-state index contributed by atoms with van der Waals surface area (Å²) in [4.78, 5) is 30.8. The summed E-state index contributed by atoms with van der Waals surface area (Å²) in [7, 11) is -0.216. The van der Waals surface area contributed by atoms with Gasteiger partial charge in [-0.2, -0.15) is 0 Å². The predicted molar refractivity (Wildman–Crippen MR) is 211 cm³/mol. The van der Waals surface area contributed by atoms with Crippen LogP contribution in [0.4, 0.5) is 5.69 Å². The number of anilines is 1. The Bertz CT molecular complexity index is 1800. The summed E-state index contributed by atoms with van der Waals surface area (Å²) in [5.74, 6) is -0.203. The summed E-state index contributed by atoms with van der Waals surface area (Å²) in [6.45, 7) is 12.0. The van der Waals surface area contributed by atoms with Crippen molar-refractivity contribution in [2.24, 2.45) is 17.8 Å². The van der Waals surface area contributed by atoms with Crippen LogP contribution in [0, 0.1) is 17.8 Å². The van der Waals surface area contributed by atoms with E-state index >= 15 is 0 Å². The van der Waals surface area contributed by atoms with Crippen LogP contribution >= 0.6 is 11.6 Å². The van der Waals surface area contributed by atoms with Crippen LogP contribution in [0.15, 0.2) is 48.6 Å². The molecule has 3 aliphatic heterocycles. The minimum absolute atomic E-state index is 0.0434. The van der Waals surface area contributed by atoms with Crippen LogP contribution < -0.4 is 19.7 Å². The van der Waals surface area contributed by atoms with Gasteiger partial charge in [-0.05, 0) is 126 Å². The molecule has 3 heterocycles. The zero-order chi connectivity index (χ0) is 38.1. The molecule has 2 aromatic carbocycles. The Kier molecular flexibility index (Phi) is 12.0. The minimum Gasteiger partial charge on any atom is -0.490 e. The second-order valence-electron chi connectivity index (χ2n) is 16.2. The van der Waals surface area contributed by atoms with Crippen LogP contribution in [-0.2, 0) is 31.4 Å². The van der Waals surface area contributed by atoms with Gasteiger partial charge in [-0.25, -0.2) is 13.1 Å². The number of likely N-dealkylation sites (N-methyl/N-ethyl adjacent to an activating group) is 1. The number of fused-ring (bicyclic) bond motifs is 4. The molecular formula is C41H57ClN4O6S. The third kappa shape index (κ3) is 8.06. The van der Waals surface area contributed by atoms with Crippen molar-refractivity contribution in [3.63, 3.8) is 0 Å². The Labute approximate surface area is 321 Å². The number of halogens is 1. The topological polar surface area (TPSA) is 117 Å². The van der Waals surface area contributed by atoms with Gasteiger partial charge in [0.05, 0.1) is 17.5 Å². The van der Waals surface area contributed by atoms with E-state index in [1.54, 1.807) is 32.2 Å². The van der Waals surface area contributed by atoms with E-state index in [0.29, 0.717) is 49.0 Å². The highest BCUT2D eigenvalue weighted by molar-refractivity contribution is 7.90. The van der Waals surface area contributed by atoms with E-state index in [9.17, 15) is 18.0 Å². The molecule has 2 N–H and O–H groups in total. The van der Waals surface area contributed by atoms with Crippen LogP contribution in [0.1, 0.15) is 81.3 Å². The molecule has 1 spiro atoms. The Morgan fingerprint density at radius 2 is 1.81 bits per heavy atom. The van der Waals surface area contributed by atoms with Gasteiger partial charge >= 0.3 is 0 Å². The number of allylic oxidation sites excluding steroid dienone is 1. The first-order chi connectivity index (χ1) is 25.2. The lowest BCUT2D eigenvalue weighted by Crippen LogP contribution is -2.53. The third-order valence-electron chi connectivity index (χ3n) is 13.0. The number of methoxy groups -OCH3 is 1. The molecule has 290 valence electrons. The first kappa shape index (κ1) is 39.7. The van der Waals surface area contributed by atoms with E-state index in [4.69, 9.17) is 21.1 Å². The zero-order valence-electron chi connectivity index (χ0n) is 32.1. The predicted octanol–water partition coefficient (Wildman–Crippen LogP) is 5.77. The molecule has 12 heteroatoms. The molecular weight excluding hydrogens is 712 g/mol. The van der Waals surface area contributed by atoms with Gasteiger partial charge in [-0.3, -0.25) is 14.5 Å². The van der Waals surface area contributed by atoms with E-state index in [-0.39, 0.29) is 28.7 Å². The number of amides is 1. The summed E-state index contributed by atoms with van der Waals surface area (Å²) in [6.07, 6.45) is 9.65. The lowest BCUT2D eigenvalue weighted by atomic mass is 9.64. The normalized spacial score (nSPS) is 34.8. The van der Waals surface area contributed by atoms with Crippen LogP contribution in [0.25, 0.3) is 0 Å². The molecule has 0 aromatic heterocycles. The van der Waals surface area contributed by atoms with Gasteiger partial charge in [0.1, 0.15) is 11.4 Å². The number of carbonyl (C=O) groups is 2. The molecule has 2 bridgehead atoms. The number of nitrogens with zero attached hydrogens (tertiary/aromatic N) is 2. The molecule has 2 aromatic rings. The summed E-state index contributed by atoms with van der Waals surface area (Å²) in [5.41, 5.74) is 2.05. The third-order valence-corrected chi connectivity index (χ3v) is 15.1. The highest BCUT2D eigenvalue weighted by Crippen LogP contribution is 2.48. The molecule has 1 amide bonds. The van der Waals surface area contributed by atoms with Crippen molar-refractivity contribution in [3.05, 3.63) is 70.3 Å². The van der Waals surface area contributed by atoms with Gasteiger partial charge in [0.25, 0.3) is 5.91 Å². The summed E-state index contributed by atoms with van der Waals surface area (Å²) < 4.78 is 41.3. The van der Waals surface area contributed by atoms with Gasteiger partial charge in [-0.1, -0.05) is 30.7 Å². The summed E-state index contributed by atoms with van der Waals surface area (Å²) in [5, 5.41) is 3.25. The van der Waals surface area contributed by atoms with Crippen molar-refractivity contribution in [3.8, 4) is 5.75 Å². The smallest absolute Gasteiger partial charge is 0.264 e. The number of hydrogen-bond donors (Lipinski definition) is 2. The van der Waals surface area contributed by atoms with Crippen LogP contribution in [-0.4, -0.2) is 95.4 Å². The van der Waals surface area contributed by atoms with Gasteiger partial charge in [0.15, 0.2) is 6.29 Å². The van der Waals surface area contributed by atoms with Gasteiger partial charge in [-0.15, -0.1) is 0 Å². The van der Waals surface area contributed by atoms with Crippen molar-refractivity contribution in [1.29, 1.82) is 0 Å². The standard InChI is InChI=1S/C34H41ClN2O6S.C7H16N2/c1-22-6-4-15-34(20-38,42-3)29-11-8-26(29)18-37-19-33(14-5-7-24-16-27(35)10-12-28(24)33)21-43-31-13-9-25(17-30(31)37)32(39)36-44(40,41)23(22)2;1-6-4-8-5-7(2)9(6)3/h4,9-10,12-13,15-17,20,22-23,26,29H,5-8,11,14,18-19,21H2,1-3H3,(H,36,39);6-8H,4-5H2,1-3H3/b15-4+;/t22-,23+,26-,29+,33-,34-;6-,7+/m0./s1. The Morgan fingerprint density at radius 1 is 1.06 bits per heavy atom. The van der Waals surface area contributed by atoms with Gasteiger partial charge in [0.2, 0.25) is 10.0 Å². The quantitative estimate of drug-likeness (QED) is 0.291. The number of benzene rings is 2. The molecule has 8 atom stereocenters. The zero-order valence-corrected chi connectivity index (χ0v) is 33.6. The number of hydrogen-bond acceptors (Lipinski definition) is 9. The number of aryl methyl sites for hydroxylation is 1. The monoisotopic (exact) mass is 768 g/mol. The maximum absolute atomic E-state index is 13.4. The van der Waals surface area contributed by atoms with Gasteiger partial charge < -0.3 is 19.7 Å². The number of ether oxygens (including phenoxy) is 2. The molecule has 0 radical (unpaired) electrons. The number of aldehydes is 1. The molecule has 53 heavy (non-hydrogen) atoms. The number of piperazine rings is 1. The van der Waals surface area contributed by atoms with E-state index in [1.165, 1.54) is 11.1 Å². The minimum atomic E-state index is -3.97. The maximum atomic E-state index is 13.4. The molecule has 2 aliphatic carbocycles. The number of sulfonamides is 1. The Balaban J connectivity index is 0.000000468. The fourth-order valence-corrected chi connectivity index (χ4v) is 10.4. The highest BCUT2D eigenvalue weighted by atomic mass is 35.5. The van der Waals surface area contributed by atoms with Crippen molar-refractivity contribution in [2.75, 3.05) is 51.8 Å². The lowest BCUT2D eigenvalue weighted by molar-refractivity contribution is -0.135. The molecule has 10 nitrogen and oxygen atoms in total. The van der Waals surface area contributed by atoms with Crippen molar-refractivity contribution >= 4 is 39.5 Å². The maximum Gasteiger partial charge on any atom is 0.264 e. The van der Waals surface area contributed by atoms with Crippen LogP contribution in [0.3, 0.4) is 0 Å². The largest absolute Gasteiger partial charge is 0.490 e. The molecule has 7 rings (SSSR count). The summed E-state index contributed by atoms with van der Waals surface area (Å²) >= 11 is 6.40. The van der Waals surface area contributed by atoms with Crippen molar-refractivity contribution in [1.82, 2.24) is 14.9 Å². The molecule has 2 fully saturated rings. The van der Waals surface area contributed by atoms with Crippen LogP contribution in [0.2, 0.25) is 5.02 Å². The van der Waals surface area contributed by atoms with Crippen molar-refractivity contribution in [2.45, 2.75) is 94.6 Å². The average molecular weight is 769 g/mol. The number of rotatable bonds is 2. The summed E-state index contributed by atoms with van der Waals surface area (Å²) in [6, 6.07) is 12.7. The fourth-order valence-electron chi connectivity index (χ4n) is 8.91. The highest BCUT2D eigenvalue weighted by Gasteiger charge is 2.49. The Hall–Kier alpha value is -2.96. The average Bonchev–Trinajstić information content (AvgIpc) is 3.27. The first-order valence-electron chi connectivity index (χ1n) is 19.2. The number of nitrogens with one attached hydrogen (secondary N) is 2. The fraction of sp³-hybridized carbons (Fsp3) is 0.610. The van der Waals surface area contributed by atoms with Crippen LogP contribution in [0.5, 0.6) is 5.75 Å². The van der Waals surface area contributed by atoms with E-state index < -0.39 is 26.8 Å². The molecule has 1 saturated heterocycles.